The van der Waals surface area contributed by atoms with Crippen LogP contribution < -0.4 is 5.32 Å². The maximum absolute atomic E-state index is 10.1. The zero-order chi connectivity index (χ0) is 32.4. The van der Waals surface area contributed by atoms with Crippen molar-refractivity contribution < 1.29 is 0 Å². The van der Waals surface area contributed by atoms with E-state index in [4.69, 9.17) is 0 Å². The fourth-order valence-corrected chi connectivity index (χ4v) is 10.4. The van der Waals surface area contributed by atoms with E-state index in [0.29, 0.717) is 29.8 Å². The lowest BCUT2D eigenvalue weighted by Crippen LogP contribution is -2.49. The van der Waals surface area contributed by atoms with E-state index in [0.717, 1.165) is 25.7 Å². The molecule has 3 heterocycles. The molecule has 4 nitrogen and oxygen atoms in total. The second-order valence-corrected chi connectivity index (χ2v) is 15.4. The number of nitrogens with one attached hydrogen (secondary N) is 1. The van der Waals surface area contributed by atoms with E-state index in [1.165, 1.54) is 47.9 Å². The van der Waals surface area contributed by atoms with Gasteiger partial charge in [-0.25, -0.2) is 0 Å². The maximum Gasteiger partial charge on any atom is 0.0726 e. The highest BCUT2D eigenvalue weighted by molar-refractivity contribution is 5.86. The molecule has 0 saturated heterocycles. The summed E-state index contributed by atoms with van der Waals surface area (Å²) < 4.78 is 2.78. The molecule has 4 heteroatoms. The Labute approximate surface area is 286 Å². The second kappa shape index (κ2) is 12.0. The zero-order valence-electron chi connectivity index (χ0n) is 28.4. The lowest BCUT2D eigenvalue weighted by atomic mass is 9.75. The SMILES string of the molecule is CC1C=CC(C#N)C(C2=CC=CC(C3=CC(n4c5c(c6ccccc64)CCCC5)C(C)C(N4C5=C(C=CCC5)C5C=CC=CC54)C3)N2)C1. The van der Waals surface area contributed by atoms with E-state index in [2.05, 4.69) is 132 Å². The van der Waals surface area contributed by atoms with Gasteiger partial charge in [0.05, 0.1) is 30.1 Å². The number of fused-ring (bicyclic) bond motifs is 5. The summed E-state index contributed by atoms with van der Waals surface area (Å²) in [7, 11) is 0. The summed E-state index contributed by atoms with van der Waals surface area (Å²) in [5.41, 5.74) is 10.4. The largest absolute Gasteiger partial charge is 0.378 e. The smallest absolute Gasteiger partial charge is 0.0726 e. The molecule has 0 fully saturated rings. The van der Waals surface area contributed by atoms with Crippen molar-refractivity contribution in [2.24, 2.45) is 29.6 Å². The lowest BCUT2D eigenvalue weighted by Gasteiger charge is -2.47. The molecule has 5 aliphatic carbocycles. The molecule has 2 aliphatic heterocycles. The van der Waals surface area contributed by atoms with E-state index in [1.807, 2.05) is 0 Å². The van der Waals surface area contributed by atoms with Gasteiger partial charge in [-0.3, -0.25) is 0 Å². The lowest BCUT2D eigenvalue weighted by molar-refractivity contribution is 0.129. The highest BCUT2D eigenvalue weighted by atomic mass is 15.2. The van der Waals surface area contributed by atoms with Crippen LogP contribution in [0.5, 0.6) is 0 Å². The van der Waals surface area contributed by atoms with Gasteiger partial charge in [-0.15, -0.1) is 0 Å². The highest BCUT2D eigenvalue weighted by Crippen LogP contribution is 2.50. The first-order chi connectivity index (χ1) is 23.6. The van der Waals surface area contributed by atoms with Gasteiger partial charge in [0.1, 0.15) is 0 Å². The topological polar surface area (TPSA) is 44.0 Å². The number of aryl methyl sites for hydroxylation is 1. The first-order valence-electron chi connectivity index (χ1n) is 18.7. The van der Waals surface area contributed by atoms with Crippen LogP contribution in [0.4, 0.5) is 0 Å². The standard InChI is InChI=1S/C44H48N4/c1-28-22-23-30(27-45)36(24-28)38-17-11-16-37(46-38)31-25-43(47-39-18-7-3-12-32(39)33-13-4-8-19-40(33)47)29(2)44(26-31)48-41-20-9-5-14-34(41)35-15-6-10-21-42(35)48/h3-5,7,9,11-14,16-18,20,22-23,26,28-30,32,36-37,39,43-44,46H,6,8,10,15,19,21,24-25H2,1-2H3. The number of allylic oxidation sites excluding steroid dienone is 11. The minimum atomic E-state index is -0.0805. The van der Waals surface area contributed by atoms with Crippen LogP contribution in [0, 0.1) is 40.9 Å². The van der Waals surface area contributed by atoms with Crippen LogP contribution in [0.15, 0.2) is 120 Å². The minimum Gasteiger partial charge on any atom is -0.378 e. The Kier molecular flexibility index (Phi) is 7.49. The summed E-state index contributed by atoms with van der Waals surface area (Å²) in [6.07, 6.45) is 37.4. The summed E-state index contributed by atoms with van der Waals surface area (Å²) >= 11 is 0. The molecule has 7 aliphatic rings. The Morgan fingerprint density at radius 2 is 1.79 bits per heavy atom. The Morgan fingerprint density at radius 1 is 0.917 bits per heavy atom. The number of dihydropyridines is 1. The normalized spacial score (nSPS) is 35.1. The molecular formula is C44H48N4. The molecule has 48 heavy (non-hydrogen) atoms. The number of rotatable bonds is 4. The van der Waals surface area contributed by atoms with E-state index < -0.39 is 0 Å². The molecule has 0 bridgehead atoms. The van der Waals surface area contributed by atoms with E-state index in [1.54, 1.807) is 22.5 Å². The van der Waals surface area contributed by atoms with Gasteiger partial charge < -0.3 is 14.8 Å². The zero-order valence-corrected chi connectivity index (χ0v) is 28.4. The van der Waals surface area contributed by atoms with Gasteiger partial charge in [-0.2, -0.15) is 5.26 Å². The number of nitriles is 1. The second-order valence-electron chi connectivity index (χ2n) is 15.4. The van der Waals surface area contributed by atoms with Crippen LogP contribution in [-0.2, 0) is 12.8 Å². The summed E-state index contributed by atoms with van der Waals surface area (Å²) in [6.45, 7) is 4.82. The van der Waals surface area contributed by atoms with Crippen molar-refractivity contribution in [3.05, 3.63) is 131 Å². The number of nitrogens with zero attached hydrogens (tertiary/aromatic N) is 3. The average molecular weight is 633 g/mol. The van der Waals surface area contributed by atoms with Crippen LogP contribution in [0.3, 0.4) is 0 Å². The van der Waals surface area contributed by atoms with Crippen LogP contribution in [0.2, 0.25) is 0 Å². The summed E-state index contributed by atoms with van der Waals surface area (Å²) in [5, 5.41) is 15.6. The molecule has 9 rings (SSSR count). The molecular weight excluding hydrogens is 585 g/mol. The molecule has 1 aromatic carbocycles. The first kappa shape index (κ1) is 29.9. The molecule has 1 aromatic heterocycles. The van der Waals surface area contributed by atoms with E-state index in [-0.39, 0.29) is 23.9 Å². The van der Waals surface area contributed by atoms with Gasteiger partial charge in [-0.1, -0.05) is 98.9 Å². The van der Waals surface area contributed by atoms with Gasteiger partial charge in [-0.05, 0) is 86.1 Å². The fourth-order valence-electron chi connectivity index (χ4n) is 10.4. The number of aromatic nitrogens is 1. The molecule has 2 aromatic rings. The van der Waals surface area contributed by atoms with Crippen LogP contribution in [0.25, 0.3) is 10.9 Å². The van der Waals surface area contributed by atoms with E-state index >= 15 is 0 Å². The van der Waals surface area contributed by atoms with Crippen molar-refractivity contribution in [1.82, 2.24) is 14.8 Å². The van der Waals surface area contributed by atoms with Gasteiger partial charge in [0.25, 0.3) is 0 Å². The Hall–Kier alpha value is -4.23. The minimum absolute atomic E-state index is 0.0805. The van der Waals surface area contributed by atoms with Gasteiger partial charge in [0.15, 0.2) is 0 Å². The summed E-state index contributed by atoms with van der Waals surface area (Å²) in [6, 6.07) is 13.0. The van der Waals surface area contributed by atoms with Gasteiger partial charge in [0, 0.05) is 51.8 Å². The Bertz CT molecular complexity index is 1920. The maximum atomic E-state index is 10.1. The van der Waals surface area contributed by atoms with Crippen LogP contribution >= 0.6 is 0 Å². The van der Waals surface area contributed by atoms with Gasteiger partial charge in [0.2, 0.25) is 0 Å². The summed E-state index contributed by atoms with van der Waals surface area (Å²) in [4.78, 5) is 2.88. The van der Waals surface area contributed by atoms with Crippen molar-refractivity contribution in [3.8, 4) is 6.07 Å². The van der Waals surface area contributed by atoms with Crippen molar-refractivity contribution in [3.63, 3.8) is 0 Å². The molecule has 9 unspecified atom stereocenters. The van der Waals surface area contributed by atoms with Crippen LogP contribution in [-0.4, -0.2) is 27.6 Å². The van der Waals surface area contributed by atoms with Crippen LogP contribution in [0.1, 0.15) is 69.7 Å². The first-order valence-corrected chi connectivity index (χ1v) is 18.7. The predicted molar refractivity (Wildman–Crippen MR) is 196 cm³/mol. The molecule has 0 radical (unpaired) electrons. The monoisotopic (exact) mass is 632 g/mol. The molecule has 1 N–H and O–H groups in total. The van der Waals surface area contributed by atoms with Crippen molar-refractivity contribution >= 4 is 10.9 Å². The summed E-state index contributed by atoms with van der Waals surface area (Å²) in [5.74, 6) is 1.48. The number of para-hydroxylation sites is 1. The molecule has 244 valence electrons. The fraction of sp³-hybridized carbons (Fsp3) is 0.432. The molecule has 0 saturated carbocycles. The third-order valence-corrected chi connectivity index (χ3v) is 12.7. The highest BCUT2D eigenvalue weighted by Gasteiger charge is 2.46. The van der Waals surface area contributed by atoms with Crippen molar-refractivity contribution in [1.29, 1.82) is 5.26 Å². The number of hydrogen-bond acceptors (Lipinski definition) is 3. The Balaban J connectivity index is 1.15. The van der Waals surface area contributed by atoms with Crippen molar-refractivity contribution in [2.75, 3.05) is 0 Å². The molecule has 0 spiro atoms. The van der Waals surface area contributed by atoms with E-state index in [9.17, 15) is 5.26 Å². The quantitative estimate of drug-likeness (QED) is 0.342. The number of hydrogen-bond donors (Lipinski definition) is 1. The Morgan fingerprint density at radius 3 is 2.71 bits per heavy atom. The number of benzene rings is 1. The molecule has 9 atom stereocenters. The van der Waals surface area contributed by atoms with Gasteiger partial charge >= 0.3 is 0 Å². The van der Waals surface area contributed by atoms with Crippen molar-refractivity contribution in [2.45, 2.75) is 89.4 Å². The predicted octanol–water partition coefficient (Wildman–Crippen LogP) is 9.19. The average Bonchev–Trinajstić information content (AvgIpc) is 3.65. The third kappa shape index (κ3) is 4.76. The third-order valence-electron chi connectivity index (χ3n) is 12.7. The molecule has 0 amide bonds.